The number of amides is 2. The van der Waals surface area contributed by atoms with Gasteiger partial charge in [-0.25, -0.2) is 8.78 Å². The van der Waals surface area contributed by atoms with Crippen molar-refractivity contribution in [1.82, 2.24) is 14.8 Å². The van der Waals surface area contributed by atoms with Crippen molar-refractivity contribution in [3.63, 3.8) is 0 Å². The van der Waals surface area contributed by atoms with Crippen LogP contribution in [0, 0.1) is 17.6 Å². The molecule has 2 N–H and O–H groups in total. The van der Waals surface area contributed by atoms with E-state index in [-0.39, 0.29) is 41.4 Å². The second-order valence-corrected chi connectivity index (χ2v) is 8.15. The molecule has 7 nitrogen and oxygen atoms in total. The number of carbonyl (C=O) groups excluding carboxylic acids is 2. The molecule has 1 saturated heterocycles. The lowest BCUT2D eigenvalue weighted by atomic mass is 9.95. The maximum absolute atomic E-state index is 13.8. The van der Waals surface area contributed by atoms with E-state index in [2.05, 4.69) is 5.32 Å². The van der Waals surface area contributed by atoms with Crippen molar-refractivity contribution >= 4 is 11.8 Å². The van der Waals surface area contributed by atoms with Crippen LogP contribution in [0.4, 0.5) is 8.78 Å². The van der Waals surface area contributed by atoms with Gasteiger partial charge in [0.25, 0.3) is 11.8 Å². The number of nitrogens with one attached hydrogen (secondary N) is 1. The minimum atomic E-state index is -0.950. The van der Waals surface area contributed by atoms with E-state index in [9.17, 15) is 28.3 Å². The fourth-order valence-corrected chi connectivity index (χ4v) is 5.08. The highest BCUT2D eigenvalue weighted by molar-refractivity contribution is 5.99. The first-order valence-electron chi connectivity index (χ1n) is 9.86. The molecule has 3 aliphatic rings. The van der Waals surface area contributed by atoms with Crippen molar-refractivity contribution in [2.45, 2.75) is 44.4 Å². The molecule has 2 aromatic rings. The zero-order valence-electron chi connectivity index (χ0n) is 15.9. The largest absolute Gasteiger partial charge is 0.503 e. The molecule has 9 heteroatoms. The van der Waals surface area contributed by atoms with E-state index in [1.165, 1.54) is 16.8 Å². The van der Waals surface area contributed by atoms with Gasteiger partial charge >= 0.3 is 0 Å². The topological polar surface area (TPSA) is 91.6 Å². The van der Waals surface area contributed by atoms with Gasteiger partial charge in [0.15, 0.2) is 11.4 Å². The van der Waals surface area contributed by atoms with Gasteiger partial charge in [-0.15, -0.1) is 0 Å². The van der Waals surface area contributed by atoms with Crippen LogP contribution >= 0.6 is 0 Å². The van der Waals surface area contributed by atoms with E-state index in [0.717, 1.165) is 25.3 Å². The Bertz CT molecular complexity index is 1150. The van der Waals surface area contributed by atoms with E-state index in [1.54, 1.807) is 4.90 Å². The lowest BCUT2D eigenvalue weighted by molar-refractivity contribution is 0.0482. The summed E-state index contributed by atoms with van der Waals surface area (Å²) in [5, 5.41) is 12.8. The third kappa shape index (κ3) is 2.72. The van der Waals surface area contributed by atoms with Gasteiger partial charge in [-0.1, -0.05) is 6.07 Å². The lowest BCUT2D eigenvalue weighted by Gasteiger charge is -2.40. The van der Waals surface area contributed by atoms with Crippen LogP contribution in [0.1, 0.15) is 45.7 Å². The second-order valence-electron chi connectivity index (χ2n) is 8.15. The maximum Gasteiger partial charge on any atom is 0.275 e. The molecule has 3 atom stereocenters. The number of aromatic hydroxyl groups is 1. The first-order valence-corrected chi connectivity index (χ1v) is 9.86. The first-order chi connectivity index (χ1) is 14.3. The maximum atomic E-state index is 13.8. The molecule has 1 saturated carbocycles. The normalized spacial score (nSPS) is 24.0. The van der Waals surface area contributed by atoms with E-state index >= 15 is 0 Å². The number of rotatable bonds is 3. The minimum absolute atomic E-state index is 0.00475. The summed E-state index contributed by atoms with van der Waals surface area (Å²) in [4.78, 5) is 39.9. The Morgan fingerprint density at radius 3 is 2.80 bits per heavy atom. The number of carbonyl (C=O) groups is 2. The number of nitrogens with zero attached hydrogens (tertiary/aromatic N) is 2. The van der Waals surface area contributed by atoms with Gasteiger partial charge in [-0.05, 0) is 31.2 Å². The van der Waals surface area contributed by atoms with E-state index in [4.69, 9.17) is 0 Å². The van der Waals surface area contributed by atoms with Gasteiger partial charge in [0, 0.05) is 37.0 Å². The first kappa shape index (κ1) is 18.8. The van der Waals surface area contributed by atoms with Gasteiger partial charge in [-0.2, -0.15) is 0 Å². The Balaban J connectivity index is 1.44. The number of piperidine rings is 1. The third-order valence-corrected chi connectivity index (χ3v) is 6.52. The van der Waals surface area contributed by atoms with Gasteiger partial charge in [0.2, 0.25) is 5.43 Å². The summed E-state index contributed by atoms with van der Waals surface area (Å²) < 4.78 is 28.3. The zero-order chi connectivity index (χ0) is 21.2. The number of aromatic nitrogens is 1. The Morgan fingerprint density at radius 1 is 1.23 bits per heavy atom. The van der Waals surface area contributed by atoms with Crippen LogP contribution < -0.4 is 10.7 Å². The molecular formula is C21H19F2N3O4. The molecule has 1 aromatic carbocycles. The van der Waals surface area contributed by atoms with Crippen LogP contribution in [0.5, 0.6) is 5.75 Å². The predicted octanol–water partition coefficient (Wildman–Crippen LogP) is 1.77. The molecule has 156 valence electrons. The summed E-state index contributed by atoms with van der Waals surface area (Å²) in [6.45, 7) is 0.148. The summed E-state index contributed by atoms with van der Waals surface area (Å²) in [5.41, 5.74) is -1.32. The van der Waals surface area contributed by atoms with Crippen LogP contribution in [-0.4, -0.2) is 38.5 Å². The third-order valence-electron chi connectivity index (χ3n) is 6.52. The van der Waals surface area contributed by atoms with E-state index in [1.807, 2.05) is 0 Å². The van der Waals surface area contributed by atoms with Crippen LogP contribution in [0.25, 0.3) is 0 Å². The van der Waals surface area contributed by atoms with Crippen LogP contribution in [0.15, 0.2) is 29.2 Å². The van der Waals surface area contributed by atoms with Crippen molar-refractivity contribution in [2.24, 2.45) is 5.92 Å². The van der Waals surface area contributed by atoms with Gasteiger partial charge in [0.05, 0.1) is 6.04 Å². The molecule has 5 rings (SSSR count). The molecule has 2 aliphatic heterocycles. The minimum Gasteiger partial charge on any atom is -0.503 e. The van der Waals surface area contributed by atoms with Crippen molar-refractivity contribution in [3.8, 4) is 5.75 Å². The molecule has 3 heterocycles. The number of hydrogen-bond acceptors (Lipinski definition) is 4. The van der Waals surface area contributed by atoms with Crippen molar-refractivity contribution in [3.05, 3.63) is 63.1 Å². The molecule has 2 bridgehead atoms. The number of fused-ring (bicyclic) bond motifs is 6. The van der Waals surface area contributed by atoms with Crippen molar-refractivity contribution < 1.29 is 23.5 Å². The monoisotopic (exact) mass is 415 g/mol. The zero-order valence-corrected chi connectivity index (χ0v) is 15.9. The number of benzene rings is 1. The summed E-state index contributed by atoms with van der Waals surface area (Å²) in [6.07, 6.45) is 4.18. The quantitative estimate of drug-likeness (QED) is 0.799. The van der Waals surface area contributed by atoms with Gasteiger partial charge in [0.1, 0.15) is 17.2 Å². The highest BCUT2D eigenvalue weighted by atomic mass is 19.1. The molecule has 0 unspecified atom stereocenters. The Labute approximate surface area is 169 Å². The molecule has 30 heavy (non-hydrogen) atoms. The van der Waals surface area contributed by atoms with Crippen LogP contribution in [0.2, 0.25) is 0 Å². The Morgan fingerprint density at radius 2 is 2.03 bits per heavy atom. The molecule has 2 amide bonds. The summed E-state index contributed by atoms with van der Waals surface area (Å²) in [7, 11) is 0. The summed E-state index contributed by atoms with van der Waals surface area (Å²) in [6, 6.07) is 3.11. The SMILES string of the molecule is O=C(NCc1ccc(F)cc1F)c1cn2c(c(O)c1=O)C(=O)N1[C@@H]3CC[C@H](C3)[C@H]1C2. The average Bonchev–Trinajstić information content (AvgIpc) is 3.32. The highest BCUT2D eigenvalue weighted by Gasteiger charge is 2.51. The molecule has 1 aromatic heterocycles. The Kier molecular flexibility index (Phi) is 4.16. The highest BCUT2D eigenvalue weighted by Crippen LogP contribution is 2.45. The van der Waals surface area contributed by atoms with Gasteiger partial charge in [-0.3, -0.25) is 14.4 Å². The van der Waals surface area contributed by atoms with Crippen molar-refractivity contribution in [2.75, 3.05) is 0 Å². The van der Waals surface area contributed by atoms with Crippen molar-refractivity contribution in [1.29, 1.82) is 0 Å². The molecular weight excluding hydrogens is 396 g/mol. The molecule has 1 aliphatic carbocycles. The molecule has 0 spiro atoms. The molecule has 0 radical (unpaired) electrons. The van der Waals surface area contributed by atoms with Gasteiger partial charge < -0.3 is 19.9 Å². The fourth-order valence-electron chi connectivity index (χ4n) is 5.08. The number of hydrogen-bond donors (Lipinski definition) is 2. The Hall–Kier alpha value is -3.23. The van der Waals surface area contributed by atoms with Crippen LogP contribution in [-0.2, 0) is 13.1 Å². The van der Waals surface area contributed by atoms with E-state index < -0.39 is 28.7 Å². The number of halogens is 2. The van der Waals surface area contributed by atoms with Crippen LogP contribution in [0.3, 0.4) is 0 Å². The lowest BCUT2D eigenvalue weighted by Crippen LogP contribution is -2.52. The number of pyridine rings is 1. The second kappa shape index (κ2) is 6.65. The molecule has 2 fully saturated rings. The predicted molar refractivity (Wildman–Crippen MR) is 101 cm³/mol. The average molecular weight is 415 g/mol. The summed E-state index contributed by atoms with van der Waals surface area (Å²) in [5.74, 6) is -3.11. The summed E-state index contributed by atoms with van der Waals surface area (Å²) >= 11 is 0. The van der Waals surface area contributed by atoms with E-state index in [0.29, 0.717) is 18.5 Å². The fraction of sp³-hybridized carbons (Fsp3) is 0.381. The smallest absolute Gasteiger partial charge is 0.275 e. The standard InChI is InChI=1S/C21H19F2N3O4/c22-12-3-1-11(15(23)6-12)7-24-20(29)14-8-25-9-16-10-2-4-13(5-10)26(16)21(30)17(25)19(28)18(14)27/h1,3,6,8,10,13,16,28H,2,4-5,7,9H2,(H,24,29)/t10-,13-,16-/m1/s1.